The van der Waals surface area contributed by atoms with Crippen molar-refractivity contribution in [3.8, 4) is 11.1 Å². The Morgan fingerprint density at radius 2 is 1.82 bits per heavy atom. The lowest BCUT2D eigenvalue weighted by atomic mass is 9.97. The number of carbonyl (C=O) groups is 1. The van der Waals surface area contributed by atoms with Crippen molar-refractivity contribution in [2.24, 2.45) is 5.73 Å². The summed E-state index contributed by atoms with van der Waals surface area (Å²) in [6.07, 6.45) is 7.06. The van der Waals surface area contributed by atoms with Crippen molar-refractivity contribution in [3.05, 3.63) is 77.0 Å². The summed E-state index contributed by atoms with van der Waals surface area (Å²) in [5.74, 6) is 0.645. The standard InChI is InChI=1S/C24H24ClN7O/c1-16-11-18(25)3-4-19(16)20-15-32-21(14-29-22(32)12-17(20)13-26)23(33)30-7-9-31(10-8-30)24-27-5-2-6-28-24/h2-6,11-12,14-15H,7-10,13,26H2,1H3. The number of anilines is 1. The first kappa shape index (κ1) is 21.4. The molecule has 0 unspecified atom stereocenters. The van der Waals surface area contributed by atoms with Gasteiger partial charge in [-0.25, -0.2) is 15.0 Å². The molecule has 168 valence electrons. The molecule has 1 fully saturated rings. The molecule has 1 aliphatic heterocycles. The maximum absolute atomic E-state index is 13.4. The van der Waals surface area contributed by atoms with Gasteiger partial charge >= 0.3 is 0 Å². The highest BCUT2D eigenvalue weighted by atomic mass is 35.5. The highest BCUT2D eigenvalue weighted by Gasteiger charge is 2.26. The lowest BCUT2D eigenvalue weighted by Gasteiger charge is -2.34. The van der Waals surface area contributed by atoms with Crippen LogP contribution in [0.15, 0.2) is 55.1 Å². The van der Waals surface area contributed by atoms with Crippen LogP contribution < -0.4 is 10.6 Å². The third-order valence-corrected chi connectivity index (χ3v) is 6.29. The molecule has 0 atom stereocenters. The van der Waals surface area contributed by atoms with Crippen LogP contribution in [-0.2, 0) is 6.54 Å². The van der Waals surface area contributed by atoms with E-state index in [0.717, 1.165) is 22.3 Å². The number of aromatic nitrogens is 4. The van der Waals surface area contributed by atoms with E-state index in [1.807, 2.05) is 46.7 Å². The predicted octanol–water partition coefficient (Wildman–Crippen LogP) is 3.17. The third-order valence-electron chi connectivity index (χ3n) is 6.05. The molecule has 2 N–H and O–H groups in total. The number of piperazine rings is 1. The summed E-state index contributed by atoms with van der Waals surface area (Å²) in [4.78, 5) is 30.5. The maximum Gasteiger partial charge on any atom is 0.272 e. The molecule has 8 nitrogen and oxygen atoms in total. The van der Waals surface area contributed by atoms with Crippen LogP contribution in [0, 0.1) is 6.92 Å². The van der Waals surface area contributed by atoms with Gasteiger partial charge in [-0.2, -0.15) is 0 Å². The van der Waals surface area contributed by atoms with Crippen LogP contribution in [0.3, 0.4) is 0 Å². The van der Waals surface area contributed by atoms with E-state index in [-0.39, 0.29) is 5.91 Å². The van der Waals surface area contributed by atoms with Gasteiger partial charge in [-0.15, -0.1) is 0 Å². The average Bonchev–Trinajstić information content (AvgIpc) is 3.26. The summed E-state index contributed by atoms with van der Waals surface area (Å²) < 4.78 is 1.86. The van der Waals surface area contributed by atoms with Gasteiger partial charge in [0.25, 0.3) is 5.91 Å². The number of hydrogen-bond acceptors (Lipinski definition) is 6. The Labute approximate surface area is 196 Å². The number of benzene rings is 1. The number of carbonyl (C=O) groups excluding carboxylic acids is 1. The van der Waals surface area contributed by atoms with Gasteiger partial charge in [-0.05, 0) is 47.9 Å². The number of aryl methyl sites for hydroxylation is 1. The zero-order chi connectivity index (χ0) is 22.9. The fourth-order valence-electron chi connectivity index (χ4n) is 4.29. The van der Waals surface area contributed by atoms with Crippen molar-refractivity contribution < 1.29 is 4.79 Å². The first-order chi connectivity index (χ1) is 16.0. The topological polar surface area (TPSA) is 92.6 Å². The zero-order valence-electron chi connectivity index (χ0n) is 18.3. The van der Waals surface area contributed by atoms with Gasteiger partial charge in [0.2, 0.25) is 5.95 Å². The molecule has 1 aromatic carbocycles. The number of imidazole rings is 1. The average molecular weight is 462 g/mol. The second-order valence-corrected chi connectivity index (χ2v) is 8.51. The summed E-state index contributed by atoms with van der Waals surface area (Å²) in [6, 6.07) is 9.53. The van der Waals surface area contributed by atoms with E-state index >= 15 is 0 Å². The number of nitrogens with zero attached hydrogens (tertiary/aromatic N) is 6. The molecule has 4 heterocycles. The van der Waals surface area contributed by atoms with Crippen molar-refractivity contribution in [2.75, 3.05) is 31.1 Å². The molecule has 0 bridgehead atoms. The predicted molar refractivity (Wildman–Crippen MR) is 128 cm³/mol. The largest absolute Gasteiger partial charge is 0.337 e. The van der Waals surface area contributed by atoms with E-state index in [0.29, 0.717) is 55.0 Å². The molecule has 0 spiro atoms. The van der Waals surface area contributed by atoms with Crippen LogP contribution >= 0.6 is 11.6 Å². The quantitative estimate of drug-likeness (QED) is 0.501. The third kappa shape index (κ3) is 4.03. The summed E-state index contributed by atoms with van der Waals surface area (Å²) in [5, 5.41) is 0.685. The van der Waals surface area contributed by atoms with Gasteiger partial charge in [0.1, 0.15) is 11.3 Å². The van der Waals surface area contributed by atoms with E-state index in [2.05, 4.69) is 19.9 Å². The van der Waals surface area contributed by atoms with Crippen molar-refractivity contribution in [3.63, 3.8) is 0 Å². The fourth-order valence-corrected chi connectivity index (χ4v) is 4.51. The molecule has 0 aliphatic carbocycles. The Balaban J connectivity index is 1.45. The van der Waals surface area contributed by atoms with Gasteiger partial charge in [-0.3, -0.25) is 9.20 Å². The SMILES string of the molecule is Cc1cc(Cl)ccc1-c1cn2c(C(=O)N3CCN(c4ncccn4)CC3)cnc2cc1CN. The van der Waals surface area contributed by atoms with Crippen molar-refractivity contribution in [2.45, 2.75) is 13.5 Å². The van der Waals surface area contributed by atoms with E-state index in [1.165, 1.54) is 0 Å². The van der Waals surface area contributed by atoms with Crippen LogP contribution in [0.1, 0.15) is 21.6 Å². The zero-order valence-corrected chi connectivity index (χ0v) is 19.0. The van der Waals surface area contributed by atoms with Crippen LogP contribution in [0.5, 0.6) is 0 Å². The maximum atomic E-state index is 13.4. The van der Waals surface area contributed by atoms with Gasteiger partial charge in [-0.1, -0.05) is 17.7 Å². The lowest BCUT2D eigenvalue weighted by Crippen LogP contribution is -2.49. The molecule has 3 aromatic heterocycles. The minimum Gasteiger partial charge on any atom is -0.337 e. The summed E-state index contributed by atoms with van der Waals surface area (Å²) in [7, 11) is 0. The lowest BCUT2D eigenvalue weighted by molar-refractivity contribution is 0.0739. The monoisotopic (exact) mass is 461 g/mol. The van der Waals surface area contributed by atoms with E-state index in [1.54, 1.807) is 24.7 Å². The second-order valence-electron chi connectivity index (χ2n) is 8.08. The number of hydrogen-bond donors (Lipinski definition) is 1. The van der Waals surface area contributed by atoms with Crippen molar-refractivity contribution in [1.82, 2.24) is 24.3 Å². The van der Waals surface area contributed by atoms with Crippen molar-refractivity contribution >= 4 is 29.1 Å². The molecule has 1 amide bonds. The highest BCUT2D eigenvalue weighted by Crippen LogP contribution is 2.30. The van der Waals surface area contributed by atoms with Gasteiger partial charge in [0.05, 0.1) is 6.20 Å². The Morgan fingerprint density at radius 3 is 2.52 bits per heavy atom. The number of pyridine rings is 1. The van der Waals surface area contributed by atoms with Crippen LogP contribution in [-0.4, -0.2) is 56.3 Å². The Bertz CT molecular complexity index is 1310. The van der Waals surface area contributed by atoms with Crippen LogP contribution in [0.4, 0.5) is 5.95 Å². The van der Waals surface area contributed by atoms with E-state index in [4.69, 9.17) is 17.3 Å². The molecular formula is C24H24ClN7O. The minimum absolute atomic E-state index is 0.0459. The fraction of sp³-hybridized carbons (Fsp3) is 0.250. The Morgan fingerprint density at radius 1 is 1.06 bits per heavy atom. The molecule has 5 rings (SSSR count). The normalized spacial score (nSPS) is 14.2. The number of rotatable bonds is 4. The Hall–Kier alpha value is -3.49. The van der Waals surface area contributed by atoms with E-state index in [9.17, 15) is 4.79 Å². The van der Waals surface area contributed by atoms with Crippen molar-refractivity contribution in [1.29, 1.82) is 0 Å². The molecule has 0 radical (unpaired) electrons. The first-order valence-electron chi connectivity index (χ1n) is 10.8. The number of halogens is 1. The smallest absolute Gasteiger partial charge is 0.272 e. The van der Waals surface area contributed by atoms with Gasteiger partial charge in [0.15, 0.2) is 0 Å². The summed E-state index contributed by atoms with van der Waals surface area (Å²) >= 11 is 6.16. The number of nitrogens with two attached hydrogens (primary N) is 1. The summed E-state index contributed by atoms with van der Waals surface area (Å²) in [6.45, 7) is 4.93. The molecule has 0 saturated carbocycles. The second kappa shape index (κ2) is 8.80. The summed E-state index contributed by atoms with van der Waals surface area (Å²) in [5.41, 5.74) is 11.3. The highest BCUT2D eigenvalue weighted by molar-refractivity contribution is 6.30. The van der Waals surface area contributed by atoms with Gasteiger partial charge in [0, 0.05) is 61.9 Å². The van der Waals surface area contributed by atoms with E-state index < -0.39 is 0 Å². The minimum atomic E-state index is -0.0459. The molecule has 33 heavy (non-hydrogen) atoms. The van der Waals surface area contributed by atoms with Gasteiger partial charge < -0.3 is 15.5 Å². The molecule has 9 heteroatoms. The molecule has 1 saturated heterocycles. The molecule has 1 aliphatic rings. The first-order valence-corrected chi connectivity index (χ1v) is 11.2. The van der Waals surface area contributed by atoms with Crippen LogP contribution in [0.2, 0.25) is 5.02 Å². The van der Waals surface area contributed by atoms with Crippen LogP contribution in [0.25, 0.3) is 16.8 Å². The number of amides is 1. The molecular weight excluding hydrogens is 438 g/mol. The molecule has 4 aromatic rings. The Kier molecular flexibility index (Phi) is 5.70. The number of fused-ring (bicyclic) bond motifs is 1.